The molecule has 4 atom stereocenters. The van der Waals surface area contributed by atoms with Crippen LogP contribution in [0.3, 0.4) is 0 Å². The molecule has 2 aromatic rings. The summed E-state index contributed by atoms with van der Waals surface area (Å²) in [4.78, 5) is 12.3. The molecule has 136 valence electrons. The summed E-state index contributed by atoms with van der Waals surface area (Å²) in [5, 5.41) is 3.06. The molecular weight excluding hydrogens is 330 g/mol. The lowest BCUT2D eigenvalue weighted by Crippen LogP contribution is -2.52. The highest BCUT2D eigenvalue weighted by atomic mass is 16.5. The summed E-state index contributed by atoms with van der Waals surface area (Å²) < 4.78 is 11.0. The molecule has 3 N–H and O–H groups in total. The zero-order valence-electron chi connectivity index (χ0n) is 14.9. The number of hydrazine groups is 1. The number of rotatable bonds is 4. The van der Waals surface area contributed by atoms with E-state index in [0.29, 0.717) is 6.42 Å². The third kappa shape index (κ3) is 2.91. The Morgan fingerprint density at radius 3 is 2.54 bits per heavy atom. The van der Waals surface area contributed by atoms with Crippen LogP contribution in [-0.4, -0.2) is 26.3 Å². The van der Waals surface area contributed by atoms with E-state index in [9.17, 15) is 4.79 Å². The van der Waals surface area contributed by atoms with Crippen LogP contribution < -0.4 is 25.6 Å². The van der Waals surface area contributed by atoms with Crippen LogP contribution in [0.4, 0.5) is 0 Å². The molecule has 0 spiro atoms. The zero-order valence-corrected chi connectivity index (χ0v) is 14.9. The Labute approximate surface area is 152 Å². The first-order valence-corrected chi connectivity index (χ1v) is 8.78. The van der Waals surface area contributed by atoms with Crippen LogP contribution in [0, 0.1) is 5.92 Å². The molecule has 2 saturated heterocycles. The van der Waals surface area contributed by atoms with E-state index < -0.39 is 0 Å². The second-order valence-electron chi connectivity index (χ2n) is 6.72. The fourth-order valence-electron chi connectivity index (χ4n) is 4.14. The van der Waals surface area contributed by atoms with Crippen LogP contribution in [0.2, 0.25) is 0 Å². The van der Waals surface area contributed by atoms with E-state index in [-0.39, 0.29) is 30.0 Å². The molecule has 2 aliphatic rings. The van der Waals surface area contributed by atoms with Crippen LogP contribution in [0.25, 0.3) is 0 Å². The van der Waals surface area contributed by atoms with Crippen molar-refractivity contribution in [1.29, 1.82) is 0 Å². The topological polar surface area (TPSA) is 71.6 Å². The predicted octanol–water partition coefficient (Wildman–Crippen LogP) is 2.10. The molecule has 2 aliphatic heterocycles. The number of methoxy groups -OCH3 is 2. The standard InChI is InChI=1S/C20H23N3O3/c1-25-13-8-9-16(26-2)14(10-13)15-11-17(24)21-20-18(15)19(22-23-20)12-6-4-3-5-7-12/h3-10,15,18-20,22-23H,11H2,1-2H3,(H,21,24). The Morgan fingerprint density at radius 2 is 1.81 bits per heavy atom. The van der Waals surface area contributed by atoms with E-state index in [1.54, 1.807) is 14.2 Å². The summed E-state index contributed by atoms with van der Waals surface area (Å²) >= 11 is 0. The monoisotopic (exact) mass is 353 g/mol. The van der Waals surface area contributed by atoms with Gasteiger partial charge in [-0.15, -0.1) is 0 Å². The maximum atomic E-state index is 12.3. The largest absolute Gasteiger partial charge is 0.497 e. The molecule has 0 aromatic heterocycles. The van der Waals surface area contributed by atoms with Crippen molar-refractivity contribution in [3.05, 3.63) is 59.7 Å². The van der Waals surface area contributed by atoms with E-state index in [4.69, 9.17) is 9.47 Å². The second-order valence-corrected chi connectivity index (χ2v) is 6.72. The number of ether oxygens (including phenoxy) is 2. The molecule has 1 amide bonds. The molecule has 0 radical (unpaired) electrons. The Kier molecular flexibility index (Phi) is 4.53. The van der Waals surface area contributed by atoms with Gasteiger partial charge in [0.05, 0.1) is 26.4 Å². The number of hydrogen-bond donors (Lipinski definition) is 3. The Balaban J connectivity index is 1.77. The summed E-state index contributed by atoms with van der Waals surface area (Å²) in [6, 6.07) is 16.2. The van der Waals surface area contributed by atoms with Gasteiger partial charge in [0.15, 0.2) is 0 Å². The van der Waals surface area contributed by atoms with Crippen molar-refractivity contribution < 1.29 is 14.3 Å². The fourth-order valence-corrected chi connectivity index (χ4v) is 4.14. The van der Waals surface area contributed by atoms with Crippen LogP contribution in [0.1, 0.15) is 29.5 Å². The quantitative estimate of drug-likeness (QED) is 0.785. The van der Waals surface area contributed by atoms with Crippen LogP contribution in [-0.2, 0) is 4.79 Å². The first kappa shape index (κ1) is 16.9. The molecular formula is C20H23N3O3. The molecule has 6 heteroatoms. The van der Waals surface area contributed by atoms with E-state index in [2.05, 4.69) is 28.3 Å². The number of carbonyl (C=O) groups excluding carboxylic acids is 1. The molecule has 4 rings (SSSR count). The maximum absolute atomic E-state index is 12.3. The number of benzene rings is 2. The molecule has 0 aliphatic carbocycles. The SMILES string of the molecule is COc1ccc(OC)c(C2CC(=O)NC3NNC(c4ccccc4)C32)c1. The van der Waals surface area contributed by atoms with Crippen molar-refractivity contribution in [3.63, 3.8) is 0 Å². The van der Waals surface area contributed by atoms with Crippen molar-refractivity contribution in [2.24, 2.45) is 5.92 Å². The highest BCUT2D eigenvalue weighted by molar-refractivity contribution is 5.79. The molecule has 26 heavy (non-hydrogen) atoms. The van der Waals surface area contributed by atoms with Gasteiger partial charge in [-0.1, -0.05) is 30.3 Å². The summed E-state index contributed by atoms with van der Waals surface area (Å²) in [5.41, 5.74) is 8.81. The van der Waals surface area contributed by atoms with Gasteiger partial charge in [0.2, 0.25) is 5.91 Å². The van der Waals surface area contributed by atoms with Crippen molar-refractivity contribution in [1.82, 2.24) is 16.2 Å². The lowest BCUT2D eigenvalue weighted by molar-refractivity contribution is -0.125. The maximum Gasteiger partial charge on any atom is 0.221 e. The Hall–Kier alpha value is -2.57. The third-order valence-electron chi connectivity index (χ3n) is 5.35. The predicted molar refractivity (Wildman–Crippen MR) is 97.8 cm³/mol. The average Bonchev–Trinajstić information content (AvgIpc) is 3.11. The molecule has 0 bridgehead atoms. The van der Waals surface area contributed by atoms with Crippen LogP contribution in [0.5, 0.6) is 11.5 Å². The normalized spacial score (nSPS) is 27.5. The fraction of sp³-hybridized carbons (Fsp3) is 0.350. The highest BCUT2D eigenvalue weighted by Crippen LogP contribution is 2.46. The van der Waals surface area contributed by atoms with Gasteiger partial charge in [0, 0.05) is 23.8 Å². The van der Waals surface area contributed by atoms with Gasteiger partial charge in [-0.05, 0) is 23.8 Å². The van der Waals surface area contributed by atoms with E-state index in [0.717, 1.165) is 17.1 Å². The van der Waals surface area contributed by atoms with Gasteiger partial charge < -0.3 is 14.8 Å². The number of fused-ring (bicyclic) bond motifs is 1. The summed E-state index contributed by atoms with van der Waals surface area (Å²) in [5.74, 6) is 1.73. The summed E-state index contributed by atoms with van der Waals surface area (Å²) in [6.07, 6.45) is 0.277. The number of amides is 1. The lowest BCUT2D eigenvalue weighted by atomic mass is 9.74. The van der Waals surface area contributed by atoms with Gasteiger partial charge in [-0.2, -0.15) is 0 Å². The van der Waals surface area contributed by atoms with Gasteiger partial charge in [-0.25, -0.2) is 10.9 Å². The van der Waals surface area contributed by atoms with Gasteiger partial charge >= 0.3 is 0 Å². The molecule has 4 unspecified atom stereocenters. The Morgan fingerprint density at radius 1 is 1.00 bits per heavy atom. The summed E-state index contributed by atoms with van der Waals surface area (Å²) in [7, 11) is 3.30. The smallest absolute Gasteiger partial charge is 0.221 e. The molecule has 2 fully saturated rings. The van der Waals surface area contributed by atoms with Crippen molar-refractivity contribution in [2.75, 3.05) is 14.2 Å². The van der Waals surface area contributed by atoms with Crippen LogP contribution in [0.15, 0.2) is 48.5 Å². The minimum Gasteiger partial charge on any atom is -0.497 e. The molecule has 2 heterocycles. The van der Waals surface area contributed by atoms with E-state index in [1.807, 2.05) is 36.4 Å². The van der Waals surface area contributed by atoms with Gasteiger partial charge in [0.25, 0.3) is 0 Å². The number of piperidine rings is 1. The van der Waals surface area contributed by atoms with Crippen molar-refractivity contribution in [2.45, 2.75) is 24.5 Å². The van der Waals surface area contributed by atoms with Crippen molar-refractivity contribution >= 4 is 5.91 Å². The van der Waals surface area contributed by atoms with Gasteiger partial charge in [-0.3, -0.25) is 4.79 Å². The highest BCUT2D eigenvalue weighted by Gasteiger charge is 2.47. The third-order valence-corrected chi connectivity index (χ3v) is 5.35. The zero-order chi connectivity index (χ0) is 18.1. The van der Waals surface area contributed by atoms with Crippen molar-refractivity contribution in [3.8, 4) is 11.5 Å². The first-order chi connectivity index (χ1) is 12.7. The number of carbonyl (C=O) groups is 1. The molecule has 0 saturated carbocycles. The minimum absolute atomic E-state index is 0.00602. The summed E-state index contributed by atoms with van der Waals surface area (Å²) in [6.45, 7) is 0. The molecule has 2 aromatic carbocycles. The number of nitrogens with one attached hydrogen (secondary N) is 3. The van der Waals surface area contributed by atoms with E-state index in [1.165, 1.54) is 5.56 Å². The number of hydrogen-bond acceptors (Lipinski definition) is 5. The van der Waals surface area contributed by atoms with Crippen LogP contribution >= 0.6 is 0 Å². The molecule has 6 nitrogen and oxygen atoms in total. The first-order valence-electron chi connectivity index (χ1n) is 8.78. The Bertz CT molecular complexity index is 796. The minimum atomic E-state index is -0.137. The average molecular weight is 353 g/mol. The van der Waals surface area contributed by atoms with E-state index >= 15 is 0 Å². The lowest BCUT2D eigenvalue weighted by Gasteiger charge is -2.36. The van der Waals surface area contributed by atoms with Gasteiger partial charge in [0.1, 0.15) is 11.5 Å². The second kappa shape index (κ2) is 6.97.